The Balaban J connectivity index is 1.58. The quantitative estimate of drug-likeness (QED) is 0.296. The Bertz CT molecular complexity index is 1280. The lowest BCUT2D eigenvalue weighted by Crippen LogP contribution is -2.16. The van der Waals surface area contributed by atoms with Gasteiger partial charge in [-0.3, -0.25) is 0 Å². The number of benzene rings is 2. The molecule has 2 aromatic carbocycles. The molecule has 0 fully saturated rings. The summed E-state index contributed by atoms with van der Waals surface area (Å²) in [6.07, 6.45) is 2.94. The van der Waals surface area contributed by atoms with Crippen molar-refractivity contribution < 1.29 is 28.4 Å². The summed E-state index contributed by atoms with van der Waals surface area (Å²) in [5.41, 5.74) is 1.21. The number of hydrogen-bond acceptors (Lipinski definition) is 12. The minimum atomic E-state index is 0.469. The Kier molecular flexibility index (Phi) is 7.42. The van der Waals surface area contributed by atoms with Gasteiger partial charge in [-0.05, 0) is 12.1 Å². The predicted octanol–water partition coefficient (Wildman–Crippen LogP) is 3.15. The molecule has 0 spiro atoms. The van der Waals surface area contributed by atoms with Crippen molar-refractivity contribution in [1.29, 1.82) is 0 Å². The molecule has 0 aliphatic heterocycles. The summed E-state index contributed by atoms with van der Waals surface area (Å²) in [6, 6.07) is 3.63. The number of fused-ring (bicyclic) bond motifs is 2. The number of nitrogens with zero attached hydrogens (tertiary/aromatic N) is 4. The number of hydrogen-bond donors (Lipinski definition) is 2. The van der Waals surface area contributed by atoms with Crippen molar-refractivity contribution in [1.82, 2.24) is 19.9 Å². The zero-order valence-corrected chi connectivity index (χ0v) is 21.0. The second-order valence-corrected chi connectivity index (χ2v) is 7.38. The molecule has 4 aromatic rings. The highest BCUT2D eigenvalue weighted by atomic mass is 16.5. The smallest absolute Gasteiger partial charge is 0.205 e. The zero-order valence-electron chi connectivity index (χ0n) is 21.0. The fourth-order valence-electron chi connectivity index (χ4n) is 3.97. The minimum absolute atomic E-state index is 0.469. The highest BCUT2D eigenvalue weighted by Gasteiger charge is 2.20. The van der Waals surface area contributed by atoms with Gasteiger partial charge in [-0.1, -0.05) is 0 Å². The van der Waals surface area contributed by atoms with E-state index in [4.69, 9.17) is 28.4 Å². The molecule has 0 unspecified atom stereocenters. The maximum atomic E-state index is 5.55. The SMILES string of the molecule is COc1cc2c(NCCNc3ncnc4c(OC)c(OC)c(OC)cc34)ncnc2c(OC)c1OC. The van der Waals surface area contributed by atoms with Crippen LogP contribution in [0.4, 0.5) is 11.6 Å². The largest absolute Gasteiger partial charge is 0.493 e. The summed E-state index contributed by atoms with van der Waals surface area (Å²) in [5, 5.41) is 8.14. The first-order chi connectivity index (χ1) is 17.6. The van der Waals surface area contributed by atoms with Crippen molar-refractivity contribution in [2.24, 2.45) is 0 Å². The first-order valence-electron chi connectivity index (χ1n) is 11.0. The van der Waals surface area contributed by atoms with Gasteiger partial charge in [0.25, 0.3) is 0 Å². The zero-order chi connectivity index (χ0) is 25.7. The Hall–Kier alpha value is -4.48. The number of ether oxygens (including phenoxy) is 6. The van der Waals surface area contributed by atoms with Crippen molar-refractivity contribution in [3.05, 3.63) is 24.8 Å². The van der Waals surface area contributed by atoms with Gasteiger partial charge >= 0.3 is 0 Å². The second kappa shape index (κ2) is 10.8. The number of rotatable bonds is 11. The van der Waals surface area contributed by atoms with Crippen LogP contribution in [0.3, 0.4) is 0 Å². The normalized spacial score (nSPS) is 10.7. The molecule has 2 heterocycles. The van der Waals surface area contributed by atoms with Crippen LogP contribution in [-0.4, -0.2) is 75.7 Å². The molecule has 2 aromatic heterocycles. The van der Waals surface area contributed by atoms with E-state index < -0.39 is 0 Å². The van der Waals surface area contributed by atoms with E-state index in [1.165, 1.54) is 12.7 Å². The van der Waals surface area contributed by atoms with Crippen LogP contribution >= 0.6 is 0 Å². The third-order valence-electron chi connectivity index (χ3n) is 5.58. The maximum absolute atomic E-state index is 5.55. The summed E-state index contributed by atoms with van der Waals surface area (Å²) in [6.45, 7) is 1.05. The number of methoxy groups -OCH3 is 6. The van der Waals surface area contributed by atoms with E-state index in [9.17, 15) is 0 Å². The molecule has 0 aliphatic rings. The fourth-order valence-corrected chi connectivity index (χ4v) is 3.97. The van der Waals surface area contributed by atoms with Crippen molar-refractivity contribution in [3.63, 3.8) is 0 Å². The molecule has 36 heavy (non-hydrogen) atoms. The van der Waals surface area contributed by atoms with Crippen LogP contribution in [-0.2, 0) is 0 Å². The van der Waals surface area contributed by atoms with Crippen molar-refractivity contribution in [2.45, 2.75) is 0 Å². The molecule has 4 rings (SSSR count). The van der Waals surface area contributed by atoms with Gasteiger partial charge in [0, 0.05) is 13.1 Å². The summed E-state index contributed by atoms with van der Waals surface area (Å²) >= 11 is 0. The van der Waals surface area contributed by atoms with Gasteiger partial charge in [0.1, 0.15) is 35.3 Å². The molecule has 0 radical (unpaired) electrons. The molecular formula is C24H28N6O6. The second-order valence-electron chi connectivity index (χ2n) is 7.38. The van der Waals surface area contributed by atoms with Crippen LogP contribution in [0.5, 0.6) is 34.5 Å². The lowest BCUT2D eigenvalue weighted by atomic mass is 10.1. The van der Waals surface area contributed by atoms with Gasteiger partial charge in [0.05, 0.1) is 53.4 Å². The van der Waals surface area contributed by atoms with E-state index in [2.05, 4.69) is 30.6 Å². The minimum Gasteiger partial charge on any atom is -0.493 e. The van der Waals surface area contributed by atoms with Crippen molar-refractivity contribution in [2.75, 3.05) is 66.4 Å². The molecule has 0 aliphatic carbocycles. The molecule has 0 atom stereocenters. The molecule has 190 valence electrons. The molecule has 0 bridgehead atoms. The van der Waals surface area contributed by atoms with Crippen molar-refractivity contribution >= 4 is 33.4 Å². The molecule has 0 amide bonds. The van der Waals surface area contributed by atoms with Crippen LogP contribution in [0.2, 0.25) is 0 Å². The monoisotopic (exact) mass is 496 g/mol. The van der Waals surface area contributed by atoms with Crippen LogP contribution in [0.25, 0.3) is 21.8 Å². The van der Waals surface area contributed by atoms with E-state index >= 15 is 0 Å². The van der Waals surface area contributed by atoms with Gasteiger partial charge in [0.2, 0.25) is 11.5 Å². The number of aromatic nitrogens is 4. The maximum Gasteiger partial charge on any atom is 0.205 e. The average Bonchev–Trinajstić information content (AvgIpc) is 2.92. The first kappa shape index (κ1) is 24.6. The number of nitrogens with one attached hydrogen (secondary N) is 2. The van der Waals surface area contributed by atoms with Gasteiger partial charge in [0.15, 0.2) is 23.0 Å². The first-order valence-corrected chi connectivity index (χ1v) is 11.0. The van der Waals surface area contributed by atoms with E-state index in [0.717, 1.165) is 10.8 Å². The van der Waals surface area contributed by atoms with Gasteiger partial charge in [-0.15, -0.1) is 0 Å². The standard InChI is InChI=1S/C24H28N6O6/c1-31-15-9-13-17(21(35-5)19(15)33-3)27-11-29-23(13)25-7-8-26-24-14-10-16(32-2)20(34-4)22(36-6)18(14)28-12-30-24/h9-12H,7-8H2,1-6H3,(H,25,27,29)(H,26,28,30). The van der Waals surface area contributed by atoms with Crippen LogP contribution in [0.1, 0.15) is 0 Å². The highest BCUT2D eigenvalue weighted by molar-refractivity contribution is 5.97. The summed E-state index contributed by atoms with van der Waals surface area (Å²) in [5.74, 6) is 4.17. The third-order valence-corrected chi connectivity index (χ3v) is 5.58. The van der Waals surface area contributed by atoms with Crippen molar-refractivity contribution in [3.8, 4) is 34.5 Å². The van der Waals surface area contributed by atoms with E-state index in [-0.39, 0.29) is 0 Å². The predicted molar refractivity (Wildman–Crippen MR) is 135 cm³/mol. The Morgan fingerprint density at radius 1 is 0.528 bits per heavy atom. The average molecular weight is 497 g/mol. The van der Waals surface area contributed by atoms with Crippen LogP contribution in [0.15, 0.2) is 24.8 Å². The summed E-state index contributed by atoms with van der Waals surface area (Å²) in [4.78, 5) is 17.5. The Morgan fingerprint density at radius 3 is 1.25 bits per heavy atom. The molecule has 12 heteroatoms. The topological polar surface area (TPSA) is 131 Å². The number of anilines is 2. The van der Waals surface area contributed by atoms with Gasteiger partial charge in [-0.25, -0.2) is 19.9 Å². The molecule has 0 saturated carbocycles. The lowest BCUT2D eigenvalue weighted by Gasteiger charge is -2.17. The van der Waals surface area contributed by atoms with E-state index in [1.54, 1.807) is 42.7 Å². The van der Waals surface area contributed by atoms with Crippen LogP contribution in [0, 0.1) is 0 Å². The van der Waals surface area contributed by atoms with Gasteiger partial charge < -0.3 is 39.1 Å². The summed E-state index contributed by atoms with van der Waals surface area (Å²) < 4.78 is 33.0. The fraction of sp³-hybridized carbons (Fsp3) is 0.333. The Morgan fingerprint density at radius 2 is 0.917 bits per heavy atom. The summed E-state index contributed by atoms with van der Waals surface area (Å²) in [7, 11) is 9.35. The van der Waals surface area contributed by atoms with Gasteiger partial charge in [-0.2, -0.15) is 0 Å². The third kappa shape index (κ3) is 4.32. The van der Waals surface area contributed by atoms with E-state index in [1.807, 2.05) is 12.1 Å². The molecular weight excluding hydrogens is 468 g/mol. The molecule has 12 nitrogen and oxygen atoms in total. The molecule has 0 saturated heterocycles. The van der Waals surface area contributed by atoms with Crippen LogP contribution < -0.4 is 39.1 Å². The molecule has 2 N–H and O–H groups in total. The Labute approximate surface area is 207 Å². The lowest BCUT2D eigenvalue weighted by molar-refractivity contribution is 0.327. The van der Waals surface area contributed by atoms with E-state index in [0.29, 0.717) is 70.3 Å². The highest BCUT2D eigenvalue weighted by Crippen LogP contribution is 2.44.